The maximum Gasteiger partial charge on any atom is 0.345 e. The highest BCUT2D eigenvalue weighted by Crippen LogP contribution is 2.28. The number of esters is 1. The van der Waals surface area contributed by atoms with Gasteiger partial charge >= 0.3 is 5.97 Å². The first-order valence-corrected chi connectivity index (χ1v) is 11.5. The van der Waals surface area contributed by atoms with Crippen molar-refractivity contribution in [1.29, 1.82) is 0 Å². The third-order valence-corrected chi connectivity index (χ3v) is 6.07. The minimum absolute atomic E-state index is 0.307. The average molecular weight is 466 g/mol. The molecule has 7 heteroatoms. The molecule has 0 amide bonds. The van der Waals surface area contributed by atoms with Gasteiger partial charge in [-0.25, -0.2) is 4.79 Å². The zero-order valence-electron chi connectivity index (χ0n) is 17.5. The Morgan fingerprint density at radius 2 is 1.78 bits per heavy atom. The van der Waals surface area contributed by atoms with E-state index in [2.05, 4.69) is 15.8 Å². The molecule has 0 saturated heterocycles. The molecule has 164 valence electrons. The van der Waals surface area contributed by atoms with E-state index >= 15 is 0 Å². The molecule has 0 aliphatic heterocycles. The van der Waals surface area contributed by atoms with Crippen LogP contribution in [0.2, 0.25) is 5.02 Å². The lowest BCUT2D eigenvalue weighted by molar-refractivity contribution is 0.0735. The second-order valence-corrected chi connectivity index (χ2v) is 8.56. The topological polar surface area (TPSA) is 62.7 Å². The second kappa shape index (κ2) is 10.6. The summed E-state index contributed by atoms with van der Waals surface area (Å²) in [6, 6.07) is 18.7. The monoisotopic (exact) mass is 465 g/mol. The van der Waals surface area contributed by atoms with Gasteiger partial charge in [-0.1, -0.05) is 73.3 Å². The van der Waals surface area contributed by atoms with Crippen molar-refractivity contribution in [3.63, 3.8) is 0 Å². The summed E-state index contributed by atoms with van der Waals surface area (Å²) in [4.78, 5) is 12.7. The molecule has 0 unspecified atom stereocenters. The number of carbonyl (C=O) groups excluding carboxylic acids is 1. The molecule has 1 fully saturated rings. The van der Waals surface area contributed by atoms with Gasteiger partial charge < -0.3 is 10.1 Å². The number of hydrogen-bond acceptors (Lipinski definition) is 4. The largest absolute Gasteiger partial charge is 0.422 e. The van der Waals surface area contributed by atoms with E-state index in [0.717, 1.165) is 23.6 Å². The van der Waals surface area contributed by atoms with Crippen molar-refractivity contribution in [2.45, 2.75) is 38.1 Å². The van der Waals surface area contributed by atoms with Crippen LogP contribution in [0.5, 0.6) is 5.75 Å². The number of nitrogens with one attached hydrogen (secondary N) is 2. The van der Waals surface area contributed by atoms with Gasteiger partial charge in [0.15, 0.2) is 5.11 Å². The van der Waals surface area contributed by atoms with Gasteiger partial charge in [-0.15, -0.1) is 0 Å². The average Bonchev–Trinajstić information content (AvgIpc) is 2.81. The number of fused-ring (bicyclic) bond motifs is 1. The molecule has 1 aliphatic rings. The molecule has 1 aliphatic carbocycles. The summed E-state index contributed by atoms with van der Waals surface area (Å²) < 4.78 is 5.71. The first-order chi connectivity index (χ1) is 15.6. The van der Waals surface area contributed by atoms with Crippen LogP contribution < -0.4 is 15.5 Å². The molecule has 3 aromatic carbocycles. The van der Waals surface area contributed by atoms with Crippen molar-refractivity contribution >= 4 is 51.9 Å². The fourth-order valence-electron chi connectivity index (χ4n) is 3.90. The first-order valence-electron chi connectivity index (χ1n) is 10.7. The van der Waals surface area contributed by atoms with Crippen molar-refractivity contribution in [3.05, 3.63) is 76.8 Å². The van der Waals surface area contributed by atoms with Crippen molar-refractivity contribution in [3.8, 4) is 5.75 Å². The van der Waals surface area contributed by atoms with Gasteiger partial charge in [-0.3, -0.25) is 5.43 Å². The summed E-state index contributed by atoms with van der Waals surface area (Å²) in [5, 5.41) is 10.4. The molecule has 4 rings (SSSR count). The summed E-state index contributed by atoms with van der Waals surface area (Å²) in [6.45, 7) is 0. The Morgan fingerprint density at radius 3 is 2.59 bits per heavy atom. The van der Waals surface area contributed by atoms with Crippen LogP contribution in [0, 0.1) is 0 Å². The number of carbonyl (C=O) groups is 1. The SMILES string of the molecule is O=C(Oc1ccc2ccccc2c1/C=N\NC(=S)NC1CCCCC1)c1ccccc1Cl. The summed E-state index contributed by atoms with van der Waals surface area (Å²) in [5.74, 6) is -0.131. The van der Waals surface area contributed by atoms with Gasteiger partial charge in [0, 0.05) is 11.6 Å². The van der Waals surface area contributed by atoms with E-state index in [4.69, 9.17) is 28.6 Å². The van der Waals surface area contributed by atoms with Gasteiger partial charge in [0.1, 0.15) is 5.75 Å². The highest BCUT2D eigenvalue weighted by molar-refractivity contribution is 7.80. The van der Waals surface area contributed by atoms with Crippen LogP contribution in [0.1, 0.15) is 48.0 Å². The number of rotatable bonds is 5. The van der Waals surface area contributed by atoms with Gasteiger partial charge in [-0.05, 0) is 54.0 Å². The van der Waals surface area contributed by atoms with Gasteiger partial charge in [0.05, 0.1) is 16.8 Å². The molecule has 2 N–H and O–H groups in total. The number of ether oxygens (including phenoxy) is 1. The van der Waals surface area contributed by atoms with Crippen LogP contribution in [0.25, 0.3) is 10.8 Å². The molecule has 1 saturated carbocycles. The zero-order chi connectivity index (χ0) is 22.3. The van der Waals surface area contributed by atoms with Crippen LogP contribution in [-0.2, 0) is 0 Å². The van der Waals surface area contributed by atoms with Gasteiger partial charge in [0.25, 0.3) is 0 Å². The third-order valence-electron chi connectivity index (χ3n) is 5.53. The number of halogens is 1. The summed E-state index contributed by atoms with van der Waals surface area (Å²) in [6.07, 6.45) is 7.60. The van der Waals surface area contributed by atoms with E-state index in [9.17, 15) is 4.79 Å². The normalized spacial score (nSPS) is 14.4. The fraction of sp³-hybridized carbons (Fsp3) is 0.240. The highest BCUT2D eigenvalue weighted by Gasteiger charge is 2.16. The van der Waals surface area contributed by atoms with E-state index in [1.165, 1.54) is 19.3 Å². The lowest BCUT2D eigenvalue weighted by Crippen LogP contribution is -2.40. The zero-order valence-corrected chi connectivity index (χ0v) is 19.1. The maximum absolute atomic E-state index is 12.7. The lowest BCUT2D eigenvalue weighted by atomic mass is 9.96. The van der Waals surface area contributed by atoms with Crippen LogP contribution in [-0.4, -0.2) is 23.3 Å². The summed E-state index contributed by atoms with van der Waals surface area (Å²) in [7, 11) is 0. The Morgan fingerprint density at radius 1 is 1.03 bits per heavy atom. The molecular weight excluding hydrogens is 442 g/mol. The van der Waals surface area contributed by atoms with Crippen LogP contribution in [0.15, 0.2) is 65.8 Å². The van der Waals surface area contributed by atoms with E-state index in [0.29, 0.717) is 33.1 Å². The predicted molar refractivity (Wildman–Crippen MR) is 134 cm³/mol. The van der Waals surface area contributed by atoms with Gasteiger partial charge in [-0.2, -0.15) is 5.10 Å². The quantitative estimate of drug-likeness (QED) is 0.163. The molecule has 3 aromatic rings. The van der Waals surface area contributed by atoms with Crippen LogP contribution in [0.3, 0.4) is 0 Å². The molecule has 0 spiro atoms. The fourth-order valence-corrected chi connectivity index (χ4v) is 4.33. The number of hydrazone groups is 1. The van der Waals surface area contributed by atoms with Crippen molar-refractivity contribution in [2.75, 3.05) is 0 Å². The van der Waals surface area contributed by atoms with E-state index in [1.807, 2.05) is 30.3 Å². The molecule has 5 nitrogen and oxygen atoms in total. The number of benzene rings is 3. The molecule has 32 heavy (non-hydrogen) atoms. The minimum Gasteiger partial charge on any atom is -0.422 e. The van der Waals surface area contributed by atoms with Crippen molar-refractivity contribution < 1.29 is 9.53 Å². The Bertz CT molecular complexity index is 1160. The van der Waals surface area contributed by atoms with E-state index < -0.39 is 5.97 Å². The number of hydrogen-bond donors (Lipinski definition) is 2. The molecule has 0 atom stereocenters. The molecule has 0 radical (unpaired) electrons. The second-order valence-electron chi connectivity index (χ2n) is 7.75. The number of nitrogens with zero attached hydrogens (tertiary/aromatic N) is 1. The summed E-state index contributed by atoms with van der Waals surface area (Å²) in [5.41, 5.74) is 3.88. The predicted octanol–water partition coefficient (Wildman–Crippen LogP) is 5.84. The third kappa shape index (κ3) is 5.44. The standard InChI is InChI=1S/C25H24ClN3O2S/c26-22-13-7-6-12-20(22)24(30)31-23-15-14-17-8-4-5-11-19(17)21(23)16-27-29-25(32)28-18-9-2-1-3-10-18/h4-8,11-16,18H,1-3,9-10H2,(H2,28,29,32)/b27-16-. The lowest BCUT2D eigenvalue weighted by Gasteiger charge is -2.23. The smallest absolute Gasteiger partial charge is 0.345 e. The Kier molecular flexibility index (Phi) is 7.35. The number of thiocarbonyl (C=S) groups is 1. The minimum atomic E-state index is -0.525. The first kappa shape index (κ1) is 22.2. The summed E-state index contributed by atoms with van der Waals surface area (Å²) >= 11 is 11.6. The van der Waals surface area contributed by atoms with Crippen molar-refractivity contribution in [2.24, 2.45) is 5.10 Å². The van der Waals surface area contributed by atoms with Crippen LogP contribution >= 0.6 is 23.8 Å². The van der Waals surface area contributed by atoms with Crippen molar-refractivity contribution in [1.82, 2.24) is 10.7 Å². The van der Waals surface area contributed by atoms with Crippen LogP contribution in [0.4, 0.5) is 0 Å². The van der Waals surface area contributed by atoms with E-state index in [-0.39, 0.29) is 0 Å². The Balaban J connectivity index is 1.55. The van der Waals surface area contributed by atoms with Gasteiger partial charge in [0.2, 0.25) is 0 Å². The molecule has 0 heterocycles. The maximum atomic E-state index is 12.7. The molecule has 0 bridgehead atoms. The highest BCUT2D eigenvalue weighted by atomic mass is 35.5. The molecular formula is C25H24ClN3O2S. The Hall–Kier alpha value is -2.96. The van der Waals surface area contributed by atoms with E-state index in [1.54, 1.807) is 36.5 Å². The Labute approximate surface area is 197 Å². The molecule has 0 aromatic heterocycles.